The molecule has 1 aromatic rings. The molecule has 1 fully saturated rings. The number of hydrogen-bond donors (Lipinski definition) is 1. The van der Waals surface area contributed by atoms with E-state index in [0.29, 0.717) is 5.91 Å². The smallest absolute Gasteiger partial charge is 0.269 e. The molecule has 1 aromatic carbocycles. The molecule has 17 heavy (non-hydrogen) atoms. The number of non-ortho nitro benzene ring substituents is 1. The molecule has 1 N–H and O–H groups in total. The van der Waals surface area contributed by atoms with Crippen molar-refractivity contribution in [3.8, 4) is 5.75 Å². The molecule has 1 heterocycles. The summed E-state index contributed by atoms with van der Waals surface area (Å²) in [6.45, 7) is 0.957. The summed E-state index contributed by atoms with van der Waals surface area (Å²) in [5.74, 6) is 0.325. The van der Waals surface area contributed by atoms with Gasteiger partial charge in [-0.25, -0.2) is 0 Å². The number of carbonyl (C=O) groups is 1. The van der Waals surface area contributed by atoms with Crippen molar-refractivity contribution in [2.75, 3.05) is 13.6 Å². The average molecular weight is 238 g/mol. The molecule has 2 rings (SSSR count). The van der Waals surface area contributed by atoms with E-state index in [1.54, 1.807) is 4.90 Å². The zero-order chi connectivity index (χ0) is 12.8. The van der Waals surface area contributed by atoms with Gasteiger partial charge in [-0.15, -0.1) is 0 Å². The van der Waals surface area contributed by atoms with Crippen LogP contribution in [0.15, 0.2) is 24.3 Å². The lowest BCUT2D eigenvalue weighted by molar-refractivity contribution is -0.384. The SMILES string of the molecule is CN1CCCC1=O.O=[N+]([O-])c1ccc(O)cc1. The van der Waals surface area contributed by atoms with Crippen molar-refractivity contribution < 1.29 is 14.8 Å². The molecule has 6 nitrogen and oxygen atoms in total. The Balaban J connectivity index is 0.000000181. The van der Waals surface area contributed by atoms with Gasteiger partial charge < -0.3 is 10.0 Å². The molecule has 0 aromatic heterocycles. The maximum absolute atomic E-state index is 10.5. The van der Waals surface area contributed by atoms with Crippen molar-refractivity contribution in [3.05, 3.63) is 34.4 Å². The minimum atomic E-state index is -0.514. The molecule has 1 amide bonds. The third kappa shape index (κ3) is 4.10. The molecule has 0 spiro atoms. The van der Waals surface area contributed by atoms with Gasteiger partial charge in [0, 0.05) is 32.1 Å². The highest BCUT2D eigenvalue weighted by Crippen LogP contribution is 2.14. The van der Waals surface area contributed by atoms with Crippen LogP contribution in [-0.4, -0.2) is 34.4 Å². The topological polar surface area (TPSA) is 83.7 Å². The lowest BCUT2D eigenvalue weighted by Crippen LogP contribution is -2.17. The Labute approximate surface area is 98.6 Å². The number of nitro groups is 1. The fraction of sp³-hybridized carbons (Fsp3) is 0.364. The van der Waals surface area contributed by atoms with Crippen molar-refractivity contribution in [2.24, 2.45) is 0 Å². The summed E-state index contributed by atoms with van der Waals surface area (Å²) in [6.07, 6.45) is 1.81. The number of amides is 1. The van der Waals surface area contributed by atoms with Crippen LogP contribution in [0.3, 0.4) is 0 Å². The number of aromatic hydroxyl groups is 1. The number of nitrogens with zero attached hydrogens (tertiary/aromatic N) is 2. The molecule has 0 bridgehead atoms. The summed E-state index contributed by atoms with van der Waals surface area (Å²) in [6, 6.07) is 5.04. The molecule has 92 valence electrons. The van der Waals surface area contributed by atoms with Gasteiger partial charge in [-0.3, -0.25) is 14.9 Å². The molecule has 1 saturated heterocycles. The number of hydrogen-bond acceptors (Lipinski definition) is 4. The summed E-state index contributed by atoms with van der Waals surface area (Å²) in [4.78, 5) is 21.8. The van der Waals surface area contributed by atoms with Gasteiger partial charge in [0.1, 0.15) is 5.75 Å². The highest BCUT2D eigenvalue weighted by molar-refractivity contribution is 5.77. The van der Waals surface area contributed by atoms with Gasteiger partial charge >= 0.3 is 0 Å². The van der Waals surface area contributed by atoms with Crippen LogP contribution in [0, 0.1) is 10.1 Å². The van der Waals surface area contributed by atoms with Gasteiger partial charge in [0.05, 0.1) is 4.92 Å². The van der Waals surface area contributed by atoms with E-state index >= 15 is 0 Å². The van der Waals surface area contributed by atoms with E-state index in [1.165, 1.54) is 24.3 Å². The van der Waals surface area contributed by atoms with E-state index in [4.69, 9.17) is 5.11 Å². The van der Waals surface area contributed by atoms with Crippen LogP contribution < -0.4 is 0 Å². The second kappa shape index (κ2) is 5.83. The number of likely N-dealkylation sites (tertiary alicyclic amines) is 1. The quantitative estimate of drug-likeness (QED) is 0.594. The monoisotopic (exact) mass is 238 g/mol. The van der Waals surface area contributed by atoms with Crippen LogP contribution in [-0.2, 0) is 4.79 Å². The minimum Gasteiger partial charge on any atom is -0.508 e. The first-order chi connectivity index (χ1) is 8.00. The predicted octanol–water partition coefficient (Wildman–Crippen LogP) is 1.54. The van der Waals surface area contributed by atoms with Gasteiger partial charge in [-0.2, -0.15) is 0 Å². The number of carbonyl (C=O) groups excluding carboxylic acids is 1. The molecule has 0 aliphatic carbocycles. The lowest BCUT2D eigenvalue weighted by atomic mass is 10.3. The predicted molar refractivity (Wildman–Crippen MR) is 61.6 cm³/mol. The minimum absolute atomic E-state index is 0.0159. The molecule has 0 saturated carbocycles. The maximum atomic E-state index is 10.5. The summed E-state index contributed by atoms with van der Waals surface area (Å²) >= 11 is 0. The van der Waals surface area contributed by atoms with E-state index in [1.807, 2.05) is 7.05 Å². The van der Waals surface area contributed by atoms with E-state index in [0.717, 1.165) is 19.4 Å². The van der Waals surface area contributed by atoms with Crippen molar-refractivity contribution in [1.82, 2.24) is 4.90 Å². The normalized spacial score (nSPS) is 14.2. The van der Waals surface area contributed by atoms with E-state index in [2.05, 4.69) is 0 Å². The number of nitro benzene ring substituents is 1. The number of phenolic OH excluding ortho intramolecular Hbond substituents is 1. The van der Waals surface area contributed by atoms with Gasteiger partial charge in [-0.1, -0.05) is 0 Å². The van der Waals surface area contributed by atoms with Gasteiger partial charge in [0.2, 0.25) is 5.91 Å². The van der Waals surface area contributed by atoms with Crippen LogP contribution in [0.2, 0.25) is 0 Å². The van der Waals surface area contributed by atoms with Crippen molar-refractivity contribution >= 4 is 11.6 Å². The molecular weight excluding hydrogens is 224 g/mol. The van der Waals surface area contributed by atoms with Gasteiger partial charge in [0.25, 0.3) is 5.69 Å². The summed E-state index contributed by atoms with van der Waals surface area (Å²) < 4.78 is 0. The standard InChI is InChI=1S/C6H5NO3.C5H9NO/c8-6-3-1-5(2-4-6)7(9)10;1-6-4-2-3-5(6)7/h1-4,8H;2-4H2,1H3. The highest BCUT2D eigenvalue weighted by atomic mass is 16.6. The van der Waals surface area contributed by atoms with Crippen molar-refractivity contribution in [1.29, 1.82) is 0 Å². The Morgan fingerprint density at radius 1 is 1.35 bits per heavy atom. The summed E-state index contributed by atoms with van der Waals surface area (Å²) in [7, 11) is 1.84. The van der Waals surface area contributed by atoms with E-state index < -0.39 is 4.92 Å². The Bertz CT molecular complexity index is 402. The Kier molecular flexibility index (Phi) is 4.45. The third-order valence-electron chi connectivity index (χ3n) is 2.37. The third-order valence-corrected chi connectivity index (χ3v) is 2.37. The van der Waals surface area contributed by atoms with Crippen molar-refractivity contribution in [2.45, 2.75) is 12.8 Å². The van der Waals surface area contributed by atoms with Crippen LogP contribution in [0.4, 0.5) is 5.69 Å². The largest absolute Gasteiger partial charge is 0.508 e. The zero-order valence-electron chi connectivity index (χ0n) is 9.50. The fourth-order valence-corrected chi connectivity index (χ4v) is 1.36. The van der Waals surface area contributed by atoms with Crippen LogP contribution >= 0.6 is 0 Å². The Hall–Kier alpha value is -2.11. The first-order valence-electron chi connectivity index (χ1n) is 5.18. The molecule has 0 radical (unpaired) electrons. The van der Waals surface area contributed by atoms with Gasteiger partial charge in [-0.05, 0) is 18.6 Å². The van der Waals surface area contributed by atoms with Gasteiger partial charge in [0.15, 0.2) is 0 Å². The van der Waals surface area contributed by atoms with E-state index in [-0.39, 0.29) is 11.4 Å². The molecule has 6 heteroatoms. The Morgan fingerprint density at radius 3 is 2.24 bits per heavy atom. The molecule has 0 unspecified atom stereocenters. The second-order valence-electron chi connectivity index (χ2n) is 3.69. The maximum Gasteiger partial charge on any atom is 0.269 e. The average Bonchev–Trinajstić information content (AvgIpc) is 2.65. The molecule has 1 aliphatic heterocycles. The first-order valence-corrected chi connectivity index (χ1v) is 5.18. The zero-order valence-corrected chi connectivity index (χ0v) is 9.50. The second-order valence-corrected chi connectivity index (χ2v) is 3.69. The first kappa shape index (κ1) is 13.0. The fourth-order valence-electron chi connectivity index (χ4n) is 1.36. The van der Waals surface area contributed by atoms with Crippen LogP contribution in [0.5, 0.6) is 5.75 Å². The van der Waals surface area contributed by atoms with Crippen LogP contribution in [0.1, 0.15) is 12.8 Å². The van der Waals surface area contributed by atoms with Crippen LogP contribution in [0.25, 0.3) is 0 Å². The lowest BCUT2D eigenvalue weighted by Gasteiger charge is -2.03. The number of rotatable bonds is 1. The summed E-state index contributed by atoms with van der Waals surface area (Å²) in [5, 5.41) is 18.8. The number of benzene rings is 1. The molecule has 1 aliphatic rings. The van der Waals surface area contributed by atoms with Crippen molar-refractivity contribution in [3.63, 3.8) is 0 Å². The molecular formula is C11H14N2O4. The summed E-state index contributed by atoms with van der Waals surface area (Å²) in [5.41, 5.74) is -0.0159. The molecule has 0 atom stereocenters. The van der Waals surface area contributed by atoms with E-state index in [9.17, 15) is 14.9 Å². The highest BCUT2D eigenvalue weighted by Gasteiger charge is 2.14. The Morgan fingerprint density at radius 2 is 1.94 bits per heavy atom. The number of phenols is 1.